The highest BCUT2D eigenvalue weighted by Crippen LogP contribution is 2.15. The highest BCUT2D eigenvalue weighted by Gasteiger charge is 2.18. The van der Waals surface area contributed by atoms with Crippen molar-refractivity contribution in [1.29, 1.82) is 0 Å². The van der Waals surface area contributed by atoms with E-state index in [0.29, 0.717) is 11.7 Å². The summed E-state index contributed by atoms with van der Waals surface area (Å²) in [6.45, 7) is 10.3. The monoisotopic (exact) mass is 358 g/mol. The lowest BCUT2D eigenvalue weighted by Crippen LogP contribution is -2.30. The van der Waals surface area contributed by atoms with Crippen LogP contribution >= 0.6 is 0 Å². The molecule has 8 heteroatoms. The van der Waals surface area contributed by atoms with Gasteiger partial charge in [0.1, 0.15) is 11.4 Å². The lowest BCUT2D eigenvalue weighted by Gasteiger charge is -2.21. The first kappa shape index (κ1) is 18.3. The Morgan fingerprint density at radius 2 is 2.19 bits per heavy atom. The van der Waals surface area contributed by atoms with Crippen molar-refractivity contribution in [2.45, 2.75) is 46.8 Å². The first-order chi connectivity index (χ1) is 12.4. The molecule has 1 aliphatic rings. The van der Waals surface area contributed by atoms with E-state index in [0.717, 1.165) is 38.3 Å². The van der Waals surface area contributed by atoms with E-state index in [4.69, 9.17) is 0 Å². The van der Waals surface area contributed by atoms with E-state index < -0.39 is 11.5 Å². The summed E-state index contributed by atoms with van der Waals surface area (Å²) in [5, 5.41) is 7.36. The topological polar surface area (TPSA) is 95.9 Å². The molecular weight excluding hydrogens is 332 g/mol. The zero-order chi connectivity index (χ0) is 18.7. The smallest absolute Gasteiger partial charge is 0.263 e. The lowest BCUT2D eigenvalue weighted by molar-refractivity contribution is 0.0948. The Hall–Kier alpha value is -2.48. The van der Waals surface area contributed by atoms with Crippen molar-refractivity contribution >= 4 is 5.91 Å². The van der Waals surface area contributed by atoms with Crippen LogP contribution in [0.15, 0.2) is 17.1 Å². The van der Waals surface area contributed by atoms with Gasteiger partial charge in [0, 0.05) is 32.4 Å². The fraction of sp³-hybridized carbons (Fsp3) is 0.556. The number of hydrogen-bond donors (Lipinski definition) is 2. The van der Waals surface area contributed by atoms with Crippen molar-refractivity contribution < 1.29 is 4.79 Å². The molecule has 0 fully saturated rings. The van der Waals surface area contributed by atoms with Crippen LogP contribution in [0.3, 0.4) is 0 Å². The van der Waals surface area contributed by atoms with Gasteiger partial charge in [-0.25, -0.2) is 4.98 Å². The SMILES string of the molecule is Cc1ncc(C(=O)NCc2cc3n(n2)CCCN(CC(C)C)C3)c(=O)[nH]1. The van der Waals surface area contributed by atoms with E-state index >= 15 is 0 Å². The molecule has 3 rings (SSSR count). The number of rotatable bonds is 5. The van der Waals surface area contributed by atoms with E-state index in [2.05, 4.69) is 39.1 Å². The summed E-state index contributed by atoms with van der Waals surface area (Å²) in [7, 11) is 0. The number of H-pyrrole nitrogens is 1. The van der Waals surface area contributed by atoms with Gasteiger partial charge in [-0.2, -0.15) is 5.10 Å². The highest BCUT2D eigenvalue weighted by molar-refractivity contribution is 5.93. The summed E-state index contributed by atoms with van der Waals surface area (Å²) in [5.41, 5.74) is 1.55. The zero-order valence-corrected chi connectivity index (χ0v) is 15.6. The van der Waals surface area contributed by atoms with Crippen molar-refractivity contribution in [3.63, 3.8) is 0 Å². The van der Waals surface area contributed by atoms with Gasteiger partial charge < -0.3 is 10.3 Å². The van der Waals surface area contributed by atoms with Crippen LogP contribution in [0.25, 0.3) is 0 Å². The molecule has 0 unspecified atom stereocenters. The standard InChI is InChI=1S/C18H26N6O2/c1-12(2)10-23-5-4-6-24-15(11-23)7-14(22-24)8-20-17(25)16-9-19-13(3)21-18(16)26/h7,9,12H,4-6,8,10-11H2,1-3H3,(H,20,25)(H,19,21,26). The molecule has 0 saturated carbocycles. The Kier molecular flexibility index (Phi) is 5.51. The van der Waals surface area contributed by atoms with Gasteiger partial charge in [0.25, 0.3) is 11.5 Å². The summed E-state index contributed by atoms with van der Waals surface area (Å²) >= 11 is 0. The molecule has 0 spiro atoms. The largest absolute Gasteiger partial charge is 0.346 e. The highest BCUT2D eigenvalue weighted by atomic mass is 16.2. The van der Waals surface area contributed by atoms with E-state index in [1.54, 1.807) is 6.92 Å². The predicted octanol–water partition coefficient (Wildman–Crippen LogP) is 1.07. The molecule has 0 bridgehead atoms. The van der Waals surface area contributed by atoms with Crippen LogP contribution in [-0.2, 0) is 19.6 Å². The van der Waals surface area contributed by atoms with E-state index in [1.165, 1.54) is 11.9 Å². The minimum atomic E-state index is -0.441. The molecule has 3 heterocycles. The van der Waals surface area contributed by atoms with Crippen molar-refractivity contribution in [2.24, 2.45) is 5.92 Å². The molecule has 0 aromatic carbocycles. The summed E-state index contributed by atoms with van der Waals surface area (Å²) in [6, 6.07) is 2.04. The fourth-order valence-corrected chi connectivity index (χ4v) is 3.26. The maximum atomic E-state index is 12.2. The minimum Gasteiger partial charge on any atom is -0.346 e. The van der Waals surface area contributed by atoms with E-state index in [-0.39, 0.29) is 12.1 Å². The molecular formula is C18H26N6O2. The number of aromatic amines is 1. The van der Waals surface area contributed by atoms with Crippen LogP contribution in [0, 0.1) is 12.8 Å². The Balaban J connectivity index is 1.65. The van der Waals surface area contributed by atoms with Gasteiger partial charge in [-0.3, -0.25) is 19.2 Å². The molecule has 2 N–H and O–H groups in total. The van der Waals surface area contributed by atoms with Crippen molar-refractivity contribution in [3.05, 3.63) is 45.4 Å². The van der Waals surface area contributed by atoms with Gasteiger partial charge in [0.2, 0.25) is 0 Å². The predicted molar refractivity (Wildman–Crippen MR) is 97.7 cm³/mol. The quantitative estimate of drug-likeness (QED) is 0.833. The summed E-state index contributed by atoms with van der Waals surface area (Å²) in [6.07, 6.45) is 2.37. The molecule has 2 aromatic rings. The van der Waals surface area contributed by atoms with Crippen LogP contribution in [0.1, 0.15) is 47.8 Å². The number of carbonyl (C=O) groups is 1. The summed E-state index contributed by atoms with van der Waals surface area (Å²) < 4.78 is 2.03. The number of fused-ring (bicyclic) bond motifs is 1. The first-order valence-corrected chi connectivity index (χ1v) is 9.04. The van der Waals surface area contributed by atoms with E-state index in [9.17, 15) is 9.59 Å². The van der Waals surface area contributed by atoms with Gasteiger partial charge in [-0.05, 0) is 25.3 Å². The summed E-state index contributed by atoms with van der Waals surface area (Å²) in [5.74, 6) is 0.670. The molecule has 0 saturated heterocycles. The van der Waals surface area contributed by atoms with Gasteiger partial charge in [0.05, 0.1) is 17.9 Å². The third-order valence-corrected chi connectivity index (χ3v) is 4.37. The molecule has 1 amide bonds. The van der Waals surface area contributed by atoms with Crippen LogP contribution in [-0.4, -0.2) is 43.6 Å². The van der Waals surface area contributed by atoms with Gasteiger partial charge in [-0.1, -0.05) is 13.8 Å². The third-order valence-electron chi connectivity index (χ3n) is 4.37. The fourth-order valence-electron chi connectivity index (χ4n) is 3.26. The molecule has 2 aromatic heterocycles. The zero-order valence-electron chi connectivity index (χ0n) is 15.6. The van der Waals surface area contributed by atoms with Crippen LogP contribution in [0.2, 0.25) is 0 Å². The van der Waals surface area contributed by atoms with Crippen LogP contribution in [0.5, 0.6) is 0 Å². The molecule has 8 nitrogen and oxygen atoms in total. The van der Waals surface area contributed by atoms with Gasteiger partial charge in [0.15, 0.2) is 0 Å². The lowest BCUT2D eigenvalue weighted by atomic mass is 10.2. The van der Waals surface area contributed by atoms with Gasteiger partial charge in [-0.15, -0.1) is 0 Å². The Bertz CT molecular complexity index is 838. The first-order valence-electron chi connectivity index (χ1n) is 9.04. The van der Waals surface area contributed by atoms with Crippen LogP contribution in [0.4, 0.5) is 0 Å². The second-order valence-corrected chi connectivity index (χ2v) is 7.23. The third kappa shape index (κ3) is 4.37. The average molecular weight is 358 g/mol. The number of amides is 1. The number of aromatic nitrogens is 4. The maximum Gasteiger partial charge on any atom is 0.263 e. The second-order valence-electron chi connectivity index (χ2n) is 7.23. The van der Waals surface area contributed by atoms with E-state index in [1.807, 2.05) is 10.7 Å². The maximum absolute atomic E-state index is 12.2. The Morgan fingerprint density at radius 1 is 1.38 bits per heavy atom. The molecule has 0 radical (unpaired) electrons. The van der Waals surface area contributed by atoms with Crippen molar-refractivity contribution in [1.82, 2.24) is 30.0 Å². The molecule has 26 heavy (non-hydrogen) atoms. The number of nitrogens with zero attached hydrogens (tertiary/aromatic N) is 4. The Morgan fingerprint density at radius 3 is 2.92 bits per heavy atom. The molecule has 140 valence electrons. The number of hydrogen-bond acceptors (Lipinski definition) is 5. The van der Waals surface area contributed by atoms with Crippen molar-refractivity contribution in [2.75, 3.05) is 13.1 Å². The Labute approximate surface area is 152 Å². The minimum absolute atomic E-state index is 0.0134. The number of aryl methyl sites for hydroxylation is 2. The molecule has 0 aliphatic carbocycles. The number of nitrogens with one attached hydrogen (secondary N) is 2. The molecule has 0 atom stereocenters. The van der Waals surface area contributed by atoms with Crippen molar-refractivity contribution in [3.8, 4) is 0 Å². The summed E-state index contributed by atoms with van der Waals surface area (Å²) in [4.78, 5) is 33.0. The molecule has 1 aliphatic heterocycles. The average Bonchev–Trinajstić information content (AvgIpc) is 2.84. The normalized spacial score (nSPS) is 14.9. The second kappa shape index (κ2) is 7.82. The van der Waals surface area contributed by atoms with Crippen LogP contribution < -0.4 is 10.9 Å². The number of carbonyl (C=O) groups excluding carboxylic acids is 1. The van der Waals surface area contributed by atoms with Gasteiger partial charge >= 0.3 is 0 Å².